The van der Waals surface area contributed by atoms with E-state index >= 15 is 0 Å². The Morgan fingerprint density at radius 1 is 1.36 bits per heavy atom. The van der Waals surface area contributed by atoms with Gasteiger partial charge in [-0.15, -0.1) is 0 Å². The first-order valence-electron chi connectivity index (χ1n) is 8.44. The van der Waals surface area contributed by atoms with Gasteiger partial charge < -0.3 is 10.4 Å². The molecule has 1 aromatic rings. The molecule has 1 fully saturated rings. The molecule has 1 saturated carbocycles. The number of rotatable bonds is 5. The Morgan fingerprint density at radius 3 is 2.73 bits per heavy atom. The Morgan fingerprint density at radius 2 is 2.09 bits per heavy atom. The number of nitrogens with zero attached hydrogens (tertiary/aromatic N) is 1. The Kier molecular flexibility index (Phi) is 6.00. The molecule has 3 N–H and O–H groups in total. The molecule has 1 heterocycles. The van der Waals surface area contributed by atoms with E-state index in [0.717, 1.165) is 42.6 Å². The minimum Gasteiger partial charge on any atom is -0.396 e. The zero-order chi connectivity index (χ0) is 16.1. The van der Waals surface area contributed by atoms with Crippen LogP contribution >= 0.6 is 0 Å². The second-order valence-electron chi connectivity index (χ2n) is 6.71. The minimum atomic E-state index is -0.0856. The lowest BCUT2D eigenvalue weighted by atomic mass is 9.93. The second-order valence-corrected chi connectivity index (χ2v) is 6.71. The maximum atomic E-state index is 12.5. The lowest BCUT2D eigenvalue weighted by molar-refractivity contribution is -0.125. The highest BCUT2D eigenvalue weighted by Crippen LogP contribution is 2.24. The Hall–Kier alpha value is -1.36. The highest BCUT2D eigenvalue weighted by Gasteiger charge is 2.26. The van der Waals surface area contributed by atoms with Crippen LogP contribution in [-0.2, 0) is 11.2 Å². The average molecular weight is 307 g/mol. The number of hydrogen-bond donors (Lipinski definition) is 3. The summed E-state index contributed by atoms with van der Waals surface area (Å²) in [5.74, 6) is 0.207. The summed E-state index contributed by atoms with van der Waals surface area (Å²) in [6, 6.07) is 0.119. The zero-order valence-electron chi connectivity index (χ0n) is 14.0. The van der Waals surface area contributed by atoms with E-state index in [4.69, 9.17) is 0 Å². The highest BCUT2D eigenvalue weighted by atomic mass is 16.3. The van der Waals surface area contributed by atoms with Gasteiger partial charge in [-0.25, -0.2) is 0 Å². The fraction of sp³-hybridized carbons (Fsp3) is 0.765. The van der Waals surface area contributed by atoms with E-state index in [1.807, 2.05) is 20.8 Å². The van der Waals surface area contributed by atoms with Crippen LogP contribution in [0.3, 0.4) is 0 Å². The Labute approximate surface area is 132 Å². The molecule has 2 rings (SSSR count). The summed E-state index contributed by atoms with van der Waals surface area (Å²) in [7, 11) is 0. The van der Waals surface area contributed by atoms with Gasteiger partial charge in [0.1, 0.15) is 0 Å². The van der Waals surface area contributed by atoms with Crippen LogP contribution in [0.2, 0.25) is 0 Å². The van der Waals surface area contributed by atoms with Crippen molar-refractivity contribution in [3.8, 4) is 0 Å². The number of aromatic amines is 1. The molecule has 5 nitrogen and oxygen atoms in total. The first-order valence-corrected chi connectivity index (χ1v) is 8.44. The third-order valence-corrected chi connectivity index (χ3v) is 4.96. The molecule has 0 saturated heterocycles. The normalized spacial score (nSPS) is 23.8. The smallest absolute Gasteiger partial charge is 0.223 e. The van der Waals surface area contributed by atoms with Crippen molar-refractivity contribution < 1.29 is 9.90 Å². The molecule has 5 heteroatoms. The van der Waals surface area contributed by atoms with Crippen LogP contribution in [0.1, 0.15) is 56.0 Å². The van der Waals surface area contributed by atoms with Crippen LogP contribution in [0.15, 0.2) is 0 Å². The SMILES string of the molecule is Cc1n[nH]c(C)c1CC(C)C(=O)NC1CCCCCC1CO. The fourth-order valence-corrected chi connectivity index (χ4v) is 3.39. The second kappa shape index (κ2) is 7.77. The number of carbonyl (C=O) groups excluding carboxylic acids is 1. The number of H-pyrrole nitrogens is 1. The zero-order valence-corrected chi connectivity index (χ0v) is 14.0. The lowest BCUT2D eigenvalue weighted by Crippen LogP contribution is -2.43. The van der Waals surface area contributed by atoms with Crippen molar-refractivity contribution in [1.82, 2.24) is 15.5 Å². The lowest BCUT2D eigenvalue weighted by Gasteiger charge is -2.26. The van der Waals surface area contributed by atoms with E-state index < -0.39 is 0 Å². The van der Waals surface area contributed by atoms with Crippen LogP contribution in [0.25, 0.3) is 0 Å². The number of hydrogen-bond acceptors (Lipinski definition) is 3. The summed E-state index contributed by atoms with van der Waals surface area (Å²) in [5.41, 5.74) is 3.15. The average Bonchev–Trinajstić information content (AvgIpc) is 2.70. The van der Waals surface area contributed by atoms with Crippen LogP contribution in [0.5, 0.6) is 0 Å². The van der Waals surface area contributed by atoms with Gasteiger partial charge in [-0.05, 0) is 38.7 Å². The summed E-state index contributed by atoms with van der Waals surface area (Å²) in [5, 5.41) is 19.9. The number of aliphatic hydroxyl groups excluding tert-OH is 1. The van der Waals surface area contributed by atoms with Gasteiger partial charge in [0, 0.05) is 30.2 Å². The number of nitrogens with one attached hydrogen (secondary N) is 2. The number of amides is 1. The highest BCUT2D eigenvalue weighted by molar-refractivity contribution is 5.79. The van der Waals surface area contributed by atoms with Crippen molar-refractivity contribution in [1.29, 1.82) is 0 Å². The van der Waals surface area contributed by atoms with Crippen molar-refractivity contribution in [3.63, 3.8) is 0 Å². The molecule has 22 heavy (non-hydrogen) atoms. The van der Waals surface area contributed by atoms with Crippen molar-refractivity contribution in [2.45, 2.75) is 65.3 Å². The van der Waals surface area contributed by atoms with Crippen molar-refractivity contribution in [2.75, 3.05) is 6.61 Å². The van der Waals surface area contributed by atoms with E-state index in [9.17, 15) is 9.90 Å². The molecule has 0 spiro atoms. The van der Waals surface area contributed by atoms with Crippen LogP contribution in [0, 0.1) is 25.7 Å². The molecule has 3 atom stereocenters. The predicted octanol–water partition coefficient (Wildman–Crippen LogP) is 2.26. The Balaban J connectivity index is 1.95. The molecular weight excluding hydrogens is 278 g/mol. The maximum Gasteiger partial charge on any atom is 0.223 e. The van der Waals surface area contributed by atoms with Gasteiger partial charge >= 0.3 is 0 Å². The first-order chi connectivity index (χ1) is 10.5. The van der Waals surface area contributed by atoms with Gasteiger partial charge in [0.2, 0.25) is 5.91 Å². The monoisotopic (exact) mass is 307 g/mol. The molecule has 0 bridgehead atoms. The van der Waals surface area contributed by atoms with E-state index in [1.165, 1.54) is 6.42 Å². The van der Waals surface area contributed by atoms with Crippen molar-refractivity contribution >= 4 is 5.91 Å². The Bertz CT molecular complexity index is 479. The molecule has 0 radical (unpaired) electrons. The molecule has 3 unspecified atom stereocenters. The van der Waals surface area contributed by atoms with Crippen LogP contribution in [-0.4, -0.2) is 33.9 Å². The van der Waals surface area contributed by atoms with E-state index in [0.29, 0.717) is 6.42 Å². The summed E-state index contributed by atoms with van der Waals surface area (Å²) in [6.45, 7) is 6.09. The van der Waals surface area contributed by atoms with Gasteiger partial charge in [0.05, 0.1) is 5.69 Å². The number of carbonyl (C=O) groups is 1. The predicted molar refractivity (Wildman–Crippen MR) is 86.5 cm³/mol. The summed E-state index contributed by atoms with van der Waals surface area (Å²) >= 11 is 0. The largest absolute Gasteiger partial charge is 0.396 e. The number of aliphatic hydroxyl groups is 1. The topological polar surface area (TPSA) is 78.0 Å². The van der Waals surface area contributed by atoms with E-state index in [1.54, 1.807) is 0 Å². The molecule has 1 aliphatic rings. The van der Waals surface area contributed by atoms with Gasteiger partial charge in [-0.1, -0.05) is 26.2 Å². The maximum absolute atomic E-state index is 12.5. The standard InChI is InChI=1S/C17H29N3O2/c1-11(9-15-12(2)19-20-13(15)3)17(22)18-16-8-6-4-5-7-14(16)10-21/h11,14,16,21H,4-10H2,1-3H3,(H,18,22)(H,19,20). The molecule has 0 aliphatic heterocycles. The quantitative estimate of drug-likeness (QED) is 0.730. The van der Waals surface area contributed by atoms with Crippen molar-refractivity contribution in [3.05, 3.63) is 17.0 Å². The number of aryl methyl sites for hydroxylation is 2. The molecule has 124 valence electrons. The number of aromatic nitrogens is 2. The van der Waals surface area contributed by atoms with Crippen LogP contribution in [0.4, 0.5) is 0 Å². The minimum absolute atomic E-state index is 0.0856. The first kappa shape index (κ1) is 17.0. The molecule has 1 aromatic heterocycles. The summed E-state index contributed by atoms with van der Waals surface area (Å²) in [6.07, 6.45) is 6.18. The van der Waals surface area contributed by atoms with Gasteiger partial charge in [-0.3, -0.25) is 9.89 Å². The van der Waals surface area contributed by atoms with E-state index in [-0.39, 0.29) is 30.4 Å². The fourth-order valence-electron chi connectivity index (χ4n) is 3.39. The van der Waals surface area contributed by atoms with E-state index in [2.05, 4.69) is 15.5 Å². The molecule has 0 aromatic carbocycles. The third kappa shape index (κ3) is 4.09. The van der Waals surface area contributed by atoms with Gasteiger partial charge in [0.15, 0.2) is 0 Å². The molecule has 1 amide bonds. The summed E-state index contributed by atoms with van der Waals surface area (Å²) < 4.78 is 0. The molecular formula is C17H29N3O2. The molecule has 1 aliphatic carbocycles. The van der Waals surface area contributed by atoms with Gasteiger partial charge in [-0.2, -0.15) is 5.10 Å². The van der Waals surface area contributed by atoms with Gasteiger partial charge in [0.25, 0.3) is 0 Å². The third-order valence-electron chi connectivity index (χ3n) is 4.96. The van der Waals surface area contributed by atoms with Crippen LogP contribution < -0.4 is 5.32 Å². The summed E-state index contributed by atoms with van der Waals surface area (Å²) in [4.78, 5) is 12.5. The van der Waals surface area contributed by atoms with Crippen molar-refractivity contribution in [2.24, 2.45) is 11.8 Å².